The fourth-order valence-electron chi connectivity index (χ4n) is 2.58. The minimum atomic E-state index is 0.180. The molecule has 1 aromatic heterocycles. The second-order valence-electron chi connectivity index (χ2n) is 5.92. The van der Waals surface area contributed by atoms with Gasteiger partial charge in [-0.3, -0.25) is 0 Å². The van der Waals surface area contributed by atoms with Gasteiger partial charge in [0, 0.05) is 25.6 Å². The van der Waals surface area contributed by atoms with Crippen LogP contribution in [0.3, 0.4) is 0 Å². The van der Waals surface area contributed by atoms with Crippen LogP contribution in [0.4, 0.5) is 0 Å². The van der Waals surface area contributed by atoms with Gasteiger partial charge in [0.2, 0.25) is 0 Å². The highest BCUT2D eigenvalue weighted by molar-refractivity contribution is 4.94. The summed E-state index contributed by atoms with van der Waals surface area (Å²) in [6.45, 7) is 11.8. The first-order chi connectivity index (χ1) is 9.51. The van der Waals surface area contributed by atoms with E-state index < -0.39 is 0 Å². The van der Waals surface area contributed by atoms with Crippen LogP contribution in [0.25, 0.3) is 0 Å². The summed E-state index contributed by atoms with van der Waals surface area (Å²) in [4.78, 5) is 4.42. The van der Waals surface area contributed by atoms with Gasteiger partial charge in [-0.1, -0.05) is 20.8 Å². The molecule has 1 aromatic rings. The van der Waals surface area contributed by atoms with Gasteiger partial charge in [0.15, 0.2) is 0 Å². The zero-order valence-electron chi connectivity index (χ0n) is 13.8. The number of hydrogen-bond acceptors (Lipinski definition) is 4. The summed E-state index contributed by atoms with van der Waals surface area (Å²) in [7, 11) is 1.79. The van der Waals surface area contributed by atoms with E-state index in [0.717, 1.165) is 25.2 Å². The number of rotatable bonds is 9. The molecule has 2 atom stereocenters. The van der Waals surface area contributed by atoms with Crippen molar-refractivity contribution >= 4 is 0 Å². The van der Waals surface area contributed by atoms with Gasteiger partial charge in [0.05, 0.1) is 6.10 Å². The number of aromatic nitrogens is 3. The van der Waals surface area contributed by atoms with Gasteiger partial charge in [0.1, 0.15) is 12.2 Å². The third-order valence-electron chi connectivity index (χ3n) is 3.52. The molecule has 5 nitrogen and oxygen atoms in total. The predicted molar refractivity (Wildman–Crippen MR) is 81.8 cm³/mol. The van der Waals surface area contributed by atoms with Gasteiger partial charge in [-0.05, 0) is 32.7 Å². The molecule has 0 bridgehead atoms. The monoisotopic (exact) mass is 282 g/mol. The number of ether oxygens (including phenoxy) is 1. The highest BCUT2D eigenvalue weighted by atomic mass is 16.5. The number of hydrogen-bond donors (Lipinski definition) is 1. The van der Waals surface area contributed by atoms with Crippen molar-refractivity contribution in [1.82, 2.24) is 20.1 Å². The second-order valence-corrected chi connectivity index (χ2v) is 5.92. The fraction of sp³-hybridized carbons (Fsp3) is 0.867. The van der Waals surface area contributed by atoms with Gasteiger partial charge < -0.3 is 10.1 Å². The lowest BCUT2D eigenvalue weighted by Gasteiger charge is -2.30. The average Bonchev–Trinajstić information content (AvgIpc) is 2.84. The summed E-state index contributed by atoms with van der Waals surface area (Å²) >= 11 is 0. The van der Waals surface area contributed by atoms with E-state index in [1.54, 1.807) is 13.4 Å². The maximum Gasteiger partial charge on any atom is 0.138 e. The molecule has 0 saturated carbocycles. The first-order valence-corrected chi connectivity index (χ1v) is 7.65. The molecule has 1 heterocycles. The number of nitrogens with zero attached hydrogens (tertiary/aromatic N) is 3. The Labute approximate surface area is 123 Å². The Bertz CT molecular complexity index is 376. The van der Waals surface area contributed by atoms with Crippen LogP contribution in [0.15, 0.2) is 6.33 Å². The van der Waals surface area contributed by atoms with E-state index >= 15 is 0 Å². The van der Waals surface area contributed by atoms with E-state index in [2.05, 4.69) is 50.0 Å². The summed E-state index contributed by atoms with van der Waals surface area (Å²) in [5, 5.41) is 7.92. The Morgan fingerprint density at radius 1 is 1.30 bits per heavy atom. The van der Waals surface area contributed by atoms with E-state index in [9.17, 15) is 0 Å². The average molecular weight is 282 g/mol. The van der Waals surface area contributed by atoms with Crippen LogP contribution in [0.5, 0.6) is 0 Å². The van der Waals surface area contributed by atoms with E-state index in [1.165, 1.54) is 0 Å². The molecule has 0 spiro atoms. The second kappa shape index (κ2) is 8.37. The molecule has 116 valence electrons. The van der Waals surface area contributed by atoms with Gasteiger partial charge in [-0.25, -0.2) is 9.67 Å². The zero-order valence-corrected chi connectivity index (χ0v) is 13.8. The van der Waals surface area contributed by atoms with Crippen molar-refractivity contribution in [3.63, 3.8) is 0 Å². The normalized spacial score (nSPS) is 15.0. The van der Waals surface area contributed by atoms with Crippen LogP contribution in [0.2, 0.25) is 0 Å². The minimum Gasteiger partial charge on any atom is -0.380 e. The third kappa shape index (κ3) is 4.56. The molecule has 0 aliphatic carbocycles. The lowest BCUT2D eigenvalue weighted by Crippen LogP contribution is -2.46. The largest absolute Gasteiger partial charge is 0.380 e. The first-order valence-electron chi connectivity index (χ1n) is 7.65. The smallest absolute Gasteiger partial charge is 0.138 e. The lowest BCUT2D eigenvalue weighted by molar-refractivity contribution is 0.0323. The highest BCUT2D eigenvalue weighted by Crippen LogP contribution is 2.15. The Hall–Kier alpha value is -0.940. The van der Waals surface area contributed by atoms with Crippen LogP contribution < -0.4 is 5.32 Å². The van der Waals surface area contributed by atoms with Crippen LogP contribution >= 0.6 is 0 Å². The summed E-state index contributed by atoms with van der Waals surface area (Å²) in [5.74, 6) is 1.49. The van der Waals surface area contributed by atoms with Crippen molar-refractivity contribution in [2.45, 2.75) is 65.6 Å². The molecule has 0 saturated heterocycles. The lowest BCUT2D eigenvalue weighted by atomic mass is 9.96. The first kappa shape index (κ1) is 17.1. The standard InChI is InChI=1S/C15H30N4O/c1-7-8-16-13(15(20-6)11(2)3)9-14-17-10-18-19(14)12(4)5/h10-13,15-16H,7-9H2,1-6H3. The predicted octanol–water partition coefficient (Wildman–Crippen LogP) is 2.44. The molecule has 0 aromatic carbocycles. The summed E-state index contributed by atoms with van der Waals surface area (Å²) in [6.07, 6.45) is 3.78. The van der Waals surface area contributed by atoms with E-state index in [-0.39, 0.29) is 12.1 Å². The maximum absolute atomic E-state index is 5.70. The van der Waals surface area contributed by atoms with E-state index in [4.69, 9.17) is 4.74 Å². The van der Waals surface area contributed by atoms with Crippen LogP contribution in [0.1, 0.15) is 52.9 Å². The molecular formula is C15H30N4O. The summed E-state index contributed by atoms with van der Waals surface area (Å²) in [6, 6.07) is 0.598. The van der Waals surface area contributed by atoms with E-state index in [0.29, 0.717) is 12.0 Å². The minimum absolute atomic E-state index is 0.180. The van der Waals surface area contributed by atoms with Gasteiger partial charge >= 0.3 is 0 Å². The molecule has 0 aliphatic heterocycles. The molecule has 20 heavy (non-hydrogen) atoms. The third-order valence-corrected chi connectivity index (χ3v) is 3.52. The Balaban J connectivity index is 2.85. The molecule has 2 unspecified atom stereocenters. The van der Waals surface area contributed by atoms with Crippen molar-refractivity contribution in [2.24, 2.45) is 5.92 Å². The van der Waals surface area contributed by atoms with Crippen molar-refractivity contribution in [2.75, 3.05) is 13.7 Å². The molecule has 0 aliphatic rings. The quantitative estimate of drug-likeness (QED) is 0.756. The van der Waals surface area contributed by atoms with Crippen LogP contribution in [-0.2, 0) is 11.2 Å². The molecule has 1 N–H and O–H groups in total. The summed E-state index contributed by atoms with van der Waals surface area (Å²) in [5.41, 5.74) is 0. The van der Waals surface area contributed by atoms with Crippen LogP contribution in [0, 0.1) is 5.92 Å². The molecule has 1 rings (SSSR count). The van der Waals surface area contributed by atoms with Crippen molar-refractivity contribution in [3.05, 3.63) is 12.2 Å². The van der Waals surface area contributed by atoms with Gasteiger partial charge in [-0.15, -0.1) is 0 Å². The molecule has 5 heteroatoms. The molecule has 0 radical (unpaired) electrons. The molecule has 0 amide bonds. The Kier molecular flexibility index (Phi) is 7.16. The van der Waals surface area contributed by atoms with Crippen LogP contribution in [-0.4, -0.2) is 40.6 Å². The highest BCUT2D eigenvalue weighted by Gasteiger charge is 2.26. The topological polar surface area (TPSA) is 52.0 Å². The fourth-order valence-corrected chi connectivity index (χ4v) is 2.58. The van der Waals surface area contributed by atoms with Crippen molar-refractivity contribution in [3.8, 4) is 0 Å². The zero-order chi connectivity index (χ0) is 15.1. The van der Waals surface area contributed by atoms with Gasteiger partial charge in [0.25, 0.3) is 0 Å². The SMILES string of the molecule is CCCNC(Cc1ncnn1C(C)C)C(OC)C(C)C. The molecule has 0 fully saturated rings. The Morgan fingerprint density at radius 2 is 2.00 bits per heavy atom. The van der Waals surface area contributed by atoms with Crippen molar-refractivity contribution < 1.29 is 4.74 Å². The maximum atomic E-state index is 5.70. The molecular weight excluding hydrogens is 252 g/mol. The number of methoxy groups -OCH3 is 1. The number of nitrogens with one attached hydrogen (secondary N) is 1. The van der Waals surface area contributed by atoms with Gasteiger partial charge in [-0.2, -0.15) is 5.10 Å². The Morgan fingerprint density at radius 3 is 2.50 bits per heavy atom. The summed E-state index contributed by atoms with van der Waals surface area (Å²) < 4.78 is 7.69. The van der Waals surface area contributed by atoms with Crippen molar-refractivity contribution in [1.29, 1.82) is 0 Å². The van der Waals surface area contributed by atoms with E-state index in [1.807, 2.05) is 4.68 Å².